The van der Waals surface area contributed by atoms with E-state index in [0.717, 1.165) is 6.42 Å². The molecule has 0 rings (SSSR count). The predicted octanol–water partition coefficient (Wildman–Crippen LogP) is 1.79. The summed E-state index contributed by atoms with van der Waals surface area (Å²) in [6.45, 7) is 7.52. The molecular weight excluding hydrogens is 194 g/mol. The second kappa shape index (κ2) is 5.73. The topological polar surface area (TPSA) is 66.4 Å². The predicted molar refractivity (Wildman–Crippen MR) is 58.5 cm³/mol. The van der Waals surface area contributed by atoms with E-state index < -0.39 is 11.5 Å². The molecule has 0 aromatic carbocycles. The van der Waals surface area contributed by atoms with Crippen LogP contribution in [0.15, 0.2) is 0 Å². The Labute approximate surface area is 91.1 Å². The highest BCUT2D eigenvalue weighted by atomic mass is 16.4. The van der Waals surface area contributed by atoms with Crippen molar-refractivity contribution in [1.29, 1.82) is 0 Å². The van der Waals surface area contributed by atoms with E-state index in [1.54, 1.807) is 6.92 Å². The molecule has 0 bridgehead atoms. The van der Waals surface area contributed by atoms with Crippen molar-refractivity contribution in [1.82, 2.24) is 5.32 Å². The molecule has 0 radical (unpaired) electrons. The van der Waals surface area contributed by atoms with Crippen LogP contribution < -0.4 is 5.32 Å². The van der Waals surface area contributed by atoms with Gasteiger partial charge in [-0.15, -0.1) is 0 Å². The van der Waals surface area contributed by atoms with E-state index in [9.17, 15) is 9.59 Å². The van der Waals surface area contributed by atoms with Crippen molar-refractivity contribution in [2.75, 3.05) is 0 Å². The third-order valence-corrected chi connectivity index (χ3v) is 2.69. The van der Waals surface area contributed by atoms with Crippen molar-refractivity contribution in [3.8, 4) is 0 Å². The summed E-state index contributed by atoms with van der Waals surface area (Å²) in [5.74, 6) is -0.868. The van der Waals surface area contributed by atoms with Gasteiger partial charge in [0.05, 0.1) is 6.42 Å². The molecule has 0 fully saturated rings. The molecule has 1 atom stereocenters. The van der Waals surface area contributed by atoms with E-state index in [4.69, 9.17) is 5.11 Å². The van der Waals surface area contributed by atoms with Crippen molar-refractivity contribution in [3.63, 3.8) is 0 Å². The van der Waals surface area contributed by atoms with Crippen molar-refractivity contribution < 1.29 is 14.7 Å². The molecule has 15 heavy (non-hydrogen) atoms. The Bertz CT molecular complexity index is 238. The van der Waals surface area contributed by atoms with Crippen molar-refractivity contribution >= 4 is 11.9 Å². The highest BCUT2D eigenvalue weighted by Crippen LogP contribution is 2.21. The second-order valence-corrected chi connectivity index (χ2v) is 4.44. The van der Waals surface area contributed by atoms with Gasteiger partial charge in [-0.05, 0) is 19.3 Å². The van der Waals surface area contributed by atoms with Crippen LogP contribution in [-0.2, 0) is 9.59 Å². The minimum Gasteiger partial charge on any atom is -0.481 e. The first-order valence-corrected chi connectivity index (χ1v) is 5.34. The zero-order valence-corrected chi connectivity index (χ0v) is 9.96. The maximum absolute atomic E-state index is 11.4. The molecule has 4 nitrogen and oxygen atoms in total. The van der Waals surface area contributed by atoms with Crippen molar-refractivity contribution in [2.24, 2.45) is 5.92 Å². The number of aliphatic carboxylic acids is 1. The molecule has 4 heteroatoms. The summed E-state index contributed by atoms with van der Waals surface area (Å²) in [7, 11) is 0. The van der Waals surface area contributed by atoms with Crippen LogP contribution in [-0.4, -0.2) is 22.5 Å². The smallest absolute Gasteiger partial charge is 0.305 e. The molecule has 0 saturated heterocycles. The number of amides is 1. The molecule has 0 aliphatic rings. The standard InChI is InChI=1S/C11H21NO3/c1-5-6-9(13)12-11(4,8(2)3)7-10(14)15/h8H,5-7H2,1-4H3,(H,12,13)(H,14,15). The average Bonchev–Trinajstić information content (AvgIpc) is 2.01. The fourth-order valence-electron chi connectivity index (χ4n) is 1.31. The molecule has 1 amide bonds. The van der Waals surface area contributed by atoms with Gasteiger partial charge in [0.15, 0.2) is 0 Å². The Morgan fingerprint density at radius 2 is 1.93 bits per heavy atom. The summed E-state index contributed by atoms with van der Waals surface area (Å²) in [5, 5.41) is 11.6. The van der Waals surface area contributed by atoms with E-state index in [-0.39, 0.29) is 18.2 Å². The number of nitrogens with one attached hydrogen (secondary N) is 1. The average molecular weight is 215 g/mol. The summed E-state index contributed by atoms with van der Waals surface area (Å²) in [5.41, 5.74) is -0.655. The molecule has 0 spiro atoms. The van der Waals surface area contributed by atoms with Crippen LogP contribution in [0.5, 0.6) is 0 Å². The SMILES string of the molecule is CCCC(=O)NC(C)(CC(=O)O)C(C)C. The maximum Gasteiger partial charge on any atom is 0.305 e. The van der Waals surface area contributed by atoms with Crippen LogP contribution in [0.4, 0.5) is 0 Å². The summed E-state index contributed by atoms with van der Waals surface area (Å²) in [6, 6.07) is 0. The van der Waals surface area contributed by atoms with Crippen LogP contribution in [0.2, 0.25) is 0 Å². The lowest BCUT2D eigenvalue weighted by Gasteiger charge is -2.33. The van der Waals surface area contributed by atoms with E-state index in [1.807, 2.05) is 20.8 Å². The van der Waals surface area contributed by atoms with E-state index in [1.165, 1.54) is 0 Å². The number of carboxylic acid groups (broad SMARTS) is 1. The van der Waals surface area contributed by atoms with Gasteiger partial charge in [0.2, 0.25) is 5.91 Å². The summed E-state index contributed by atoms with van der Waals surface area (Å²) in [4.78, 5) is 22.1. The molecule has 1 unspecified atom stereocenters. The fourth-order valence-corrected chi connectivity index (χ4v) is 1.31. The van der Waals surface area contributed by atoms with Crippen LogP contribution >= 0.6 is 0 Å². The van der Waals surface area contributed by atoms with Crippen molar-refractivity contribution in [2.45, 2.75) is 52.5 Å². The summed E-state index contributed by atoms with van der Waals surface area (Å²) >= 11 is 0. The number of hydrogen-bond acceptors (Lipinski definition) is 2. The Kier molecular flexibility index (Phi) is 5.33. The van der Waals surface area contributed by atoms with Crippen LogP contribution in [0.1, 0.15) is 47.0 Å². The van der Waals surface area contributed by atoms with Gasteiger partial charge in [-0.1, -0.05) is 20.8 Å². The molecule has 0 aliphatic carbocycles. The van der Waals surface area contributed by atoms with Gasteiger partial charge in [-0.2, -0.15) is 0 Å². The Balaban J connectivity index is 4.51. The van der Waals surface area contributed by atoms with Crippen LogP contribution in [0.25, 0.3) is 0 Å². The largest absolute Gasteiger partial charge is 0.481 e. The van der Waals surface area contributed by atoms with Gasteiger partial charge in [-0.3, -0.25) is 9.59 Å². The maximum atomic E-state index is 11.4. The summed E-state index contributed by atoms with van der Waals surface area (Å²) < 4.78 is 0. The van der Waals surface area contributed by atoms with Crippen molar-refractivity contribution in [3.05, 3.63) is 0 Å². The minimum absolute atomic E-state index is 0.0415. The highest BCUT2D eigenvalue weighted by Gasteiger charge is 2.32. The van der Waals surface area contributed by atoms with E-state index in [0.29, 0.717) is 6.42 Å². The monoisotopic (exact) mass is 215 g/mol. The molecular formula is C11H21NO3. The van der Waals surface area contributed by atoms with Crippen LogP contribution in [0, 0.1) is 5.92 Å². The first kappa shape index (κ1) is 13.9. The Morgan fingerprint density at radius 1 is 1.40 bits per heavy atom. The number of carbonyl (C=O) groups is 2. The third kappa shape index (κ3) is 4.81. The van der Waals surface area contributed by atoms with Gasteiger partial charge in [-0.25, -0.2) is 0 Å². The van der Waals surface area contributed by atoms with Gasteiger partial charge in [0, 0.05) is 12.0 Å². The third-order valence-electron chi connectivity index (χ3n) is 2.69. The molecule has 0 aromatic rings. The molecule has 0 aliphatic heterocycles. The minimum atomic E-state index is -0.886. The lowest BCUT2D eigenvalue weighted by molar-refractivity contribution is -0.139. The quantitative estimate of drug-likeness (QED) is 0.710. The number of carbonyl (C=O) groups excluding carboxylic acids is 1. The van der Waals surface area contributed by atoms with E-state index in [2.05, 4.69) is 5.32 Å². The molecule has 88 valence electrons. The van der Waals surface area contributed by atoms with Gasteiger partial charge < -0.3 is 10.4 Å². The molecule has 0 heterocycles. The molecule has 0 saturated carbocycles. The Hall–Kier alpha value is -1.06. The first-order chi connectivity index (χ1) is 6.81. The zero-order chi connectivity index (χ0) is 12.1. The first-order valence-electron chi connectivity index (χ1n) is 5.34. The van der Waals surface area contributed by atoms with Gasteiger partial charge in [0.25, 0.3) is 0 Å². The molecule has 0 aromatic heterocycles. The lowest BCUT2D eigenvalue weighted by Crippen LogP contribution is -2.51. The van der Waals surface area contributed by atoms with Gasteiger partial charge in [0.1, 0.15) is 0 Å². The lowest BCUT2D eigenvalue weighted by atomic mass is 9.85. The normalized spacial score (nSPS) is 14.7. The van der Waals surface area contributed by atoms with Gasteiger partial charge >= 0.3 is 5.97 Å². The number of hydrogen-bond donors (Lipinski definition) is 2. The highest BCUT2D eigenvalue weighted by molar-refractivity contribution is 5.78. The number of rotatable bonds is 6. The van der Waals surface area contributed by atoms with E-state index >= 15 is 0 Å². The van der Waals surface area contributed by atoms with Crippen LogP contribution in [0.3, 0.4) is 0 Å². The Morgan fingerprint density at radius 3 is 2.27 bits per heavy atom. The second-order valence-electron chi connectivity index (χ2n) is 4.44. The fraction of sp³-hybridized carbons (Fsp3) is 0.818. The number of carboxylic acids is 1. The summed E-state index contributed by atoms with van der Waals surface area (Å²) in [6.07, 6.45) is 1.18. The zero-order valence-electron chi connectivity index (χ0n) is 9.96. The molecule has 2 N–H and O–H groups in total.